The molecule has 1 aromatic carbocycles. The monoisotopic (exact) mass is 378 g/mol. The molecule has 0 aliphatic carbocycles. The summed E-state index contributed by atoms with van der Waals surface area (Å²) in [5, 5.41) is 10.1. The van der Waals surface area contributed by atoms with Gasteiger partial charge in [-0.05, 0) is 45.0 Å². The molecule has 0 aromatic heterocycles. The Balaban J connectivity index is 1.86. The van der Waals surface area contributed by atoms with Crippen molar-refractivity contribution in [1.82, 2.24) is 9.80 Å². The van der Waals surface area contributed by atoms with Crippen LogP contribution in [0.1, 0.15) is 29.6 Å². The fraction of sp³-hybridized carbons (Fsp3) is 0.650. The molecular weight excluding hydrogens is 348 g/mol. The second kappa shape index (κ2) is 7.94. The third-order valence-corrected chi connectivity index (χ3v) is 6.21. The van der Waals surface area contributed by atoms with Crippen molar-refractivity contribution in [3.63, 3.8) is 0 Å². The molecule has 7 nitrogen and oxygen atoms in total. The summed E-state index contributed by atoms with van der Waals surface area (Å²) in [6.07, 6.45) is 2.92. The highest BCUT2D eigenvalue weighted by atomic mass is 16.5. The molecule has 2 atom stereocenters. The van der Waals surface area contributed by atoms with Gasteiger partial charge in [0.25, 0.3) is 5.91 Å². The van der Waals surface area contributed by atoms with Crippen molar-refractivity contribution in [2.24, 2.45) is 5.41 Å². The summed E-state index contributed by atoms with van der Waals surface area (Å²) < 4.78 is 16.1. The van der Waals surface area contributed by atoms with Crippen LogP contribution in [0.25, 0.3) is 0 Å². The third-order valence-electron chi connectivity index (χ3n) is 6.21. The molecule has 2 heterocycles. The molecule has 0 spiro atoms. The van der Waals surface area contributed by atoms with Crippen LogP contribution in [0.15, 0.2) is 12.1 Å². The Kier molecular flexibility index (Phi) is 5.81. The van der Waals surface area contributed by atoms with Crippen LogP contribution in [0.3, 0.4) is 0 Å². The van der Waals surface area contributed by atoms with E-state index >= 15 is 0 Å². The number of carbonyl (C=O) groups is 1. The molecule has 1 amide bonds. The molecule has 0 radical (unpaired) electrons. The van der Waals surface area contributed by atoms with Gasteiger partial charge in [-0.3, -0.25) is 4.79 Å². The SMILES string of the molecule is COc1cc(C(=O)N2CC[C@@]3(CO)CCCN(C)[C@@H]3C2)cc(OC)c1OC. The first-order valence-electron chi connectivity index (χ1n) is 9.40. The van der Waals surface area contributed by atoms with Gasteiger partial charge >= 0.3 is 0 Å². The molecule has 0 unspecified atom stereocenters. The van der Waals surface area contributed by atoms with E-state index in [9.17, 15) is 9.90 Å². The van der Waals surface area contributed by atoms with Crippen LogP contribution in [-0.4, -0.2) is 81.5 Å². The summed E-state index contributed by atoms with van der Waals surface area (Å²) >= 11 is 0. The van der Waals surface area contributed by atoms with Crippen molar-refractivity contribution < 1.29 is 24.1 Å². The standard InChI is InChI=1S/C20H30N2O5/c1-21-8-5-6-20(13-23)7-9-22(12-17(20)21)19(24)14-10-15(25-2)18(27-4)16(11-14)26-3/h10-11,17,23H,5-9,12-13H2,1-4H3/t17-,20-/m1/s1. The molecule has 27 heavy (non-hydrogen) atoms. The Labute approximate surface area is 160 Å². The number of ether oxygens (including phenoxy) is 3. The smallest absolute Gasteiger partial charge is 0.254 e. The first-order valence-corrected chi connectivity index (χ1v) is 9.40. The van der Waals surface area contributed by atoms with Gasteiger partial charge in [-0.2, -0.15) is 0 Å². The van der Waals surface area contributed by atoms with Gasteiger partial charge in [-0.25, -0.2) is 0 Å². The number of likely N-dealkylation sites (tertiary alicyclic amines) is 2. The lowest BCUT2D eigenvalue weighted by molar-refractivity contribution is -0.0601. The average Bonchev–Trinajstić information content (AvgIpc) is 2.71. The van der Waals surface area contributed by atoms with E-state index in [0.717, 1.165) is 25.8 Å². The van der Waals surface area contributed by atoms with Crippen LogP contribution >= 0.6 is 0 Å². The molecule has 150 valence electrons. The summed E-state index contributed by atoms with van der Waals surface area (Å²) in [7, 11) is 6.71. The number of nitrogens with zero attached hydrogens (tertiary/aromatic N) is 2. The van der Waals surface area contributed by atoms with E-state index in [1.54, 1.807) is 33.5 Å². The number of hydrogen-bond donors (Lipinski definition) is 1. The zero-order valence-electron chi connectivity index (χ0n) is 16.7. The van der Waals surface area contributed by atoms with E-state index in [0.29, 0.717) is 35.9 Å². The Morgan fingerprint density at radius 3 is 2.37 bits per heavy atom. The van der Waals surface area contributed by atoms with Gasteiger partial charge in [-0.1, -0.05) is 0 Å². The van der Waals surface area contributed by atoms with Crippen LogP contribution < -0.4 is 14.2 Å². The molecule has 2 aliphatic heterocycles. The normalized spacial score (nSPS) is 25.7. The number of likely N-dealkylation sites (N-methyl/N-ethyl adjacent to an activating group) is 1. The van der Waals surface area contributed by atoms with Crippen LogP contribution in [0.2, 0.25) is 0 Å². The molecule has 0 bridgehead atoms. The fourth-order valence-corrected chi connectivity index (χ4v) is 4.59. The number of aliphatic hydroxyl groups excluding tert-OH is 1. The largest absolute Gasteiger partial charge is 0.493 e. The van der Waals surface area contributed by atoms with Gasteiger partial charge in [0.1, 0.15) is 0 Å². The summed E-state index contributed by atoms with van der Waals surface area (Å²) in [4.78, 5) is 17.4. The highest BCUT2D eigenvalue weighted by Crippen LogP contribution is 2.42. The number of piperidine rings is 2. The minimum atomic E-state index is -0.0981. The maximum atomic E-state index is 13.2. The molecule has 0 saturated carbocycles. The zero-order chi connectivity index (χ0) is 19.6. The molecule has 2 saturated heterocycles. The van der Waals surface area contributed by atoms with Gasteiger partial charge < -0.3 is 29.1 Å². The first-order chi connectivity index (χ1) is 13.0. The molecule has 3 rings (SSSR count). The van der Waals surface area contributed by atoms with E-state index in [1.165, 1.54) is 0 Å². The summed E-state index contributed by atoms with van der Waals surface area (Å²) in [6, 6.07) is 3.57. The van der Waals surface area contributed by atoms with E-state index in [1.807, 2.05) is 4.90 Å². The maximum absolute atomic E-state index is 13.2. The van der Waals surface area contributed by atoms with Crippen LogP contribution in [0.4, 0.5) is 0 Å². The number of aliphatic hydroxyl groups is 1. The number of benzene rings is 1. The van der Waals surface area contributed by atoms with Crippen LogP contribution in [0, 0.1) is 5.41 Å². The summed E-state index contributed by atoms with van der Waals surface area (Å²) in [5.74, 6) is 1.36. The van der Waals surface area contributed by atoms with Crippen molar-refractivity contribution in [1.29, 1.82) is 0 Å². The Morgan fingerprint density at radius 1 is 1.15 bits per heavy atom. The summed E-state index contributed by atoms with van der Waals surface area (Å²) in [5.41, 5.74) is 0.415. The lowest BCUT2D eigenvalue weighted by atomic mass is 9.69. The molecule has 2 aliphatic rings. The van der Waals surface area contributed by atoms with Gasteiger partial charge in [0, 0.05) is 30.1 Å². The van der Waals surface area contributed by atoms with Gasteiger partial charge in [0.2, 0.25) is 5.75 Å². The second-order valence-electron chi connectivity index (χ2n) is 7.54. The molecule has 2 fully saturated rings. The van der Waals surface area contributed by atoms with Crippen molar-refractivity contribution in [2.75, 3.05) is 54.6 Å². The van der Waals surface area contributed by atoms with E-state index < -0.39 is 0 Å². The van der Waals surface area contributed by atoms with Gasteiger partial charge in [-0.15, -0.1) is 0 Å². The first kappa shape index (κ1) is 19.8. The zero-order valence-corrected chi connectivity index (χ0v) is 16.7. The van der Waals surface area contributed by atoms with E-state index in [4.69, 9.17) is 14.2 Å². The van der Waals surface area contributed by atoms with E-state index in [2.05, 4.69) is 11.9 Å². The van der Waals surface area contributed by atoms with Crippen LogP contribution in [0.5, 0.6) is 17.2 Å². The number of rotatable bonds is 5. The minimum Gasteiger partial charge on any atom is -0.493 e. The number of hydrogen-bond acceptors (Lipinski definition) is 6. The quantitative estimate of drug-likeness (QED) is 0.840. The Bertz CT molecular complexity index is 670. The molecular formula is C20H30N2O5. The maximum Gasteiger partial charge on any atom is 0.254 e. The highest BCUT2D eigenvalue weighted by molar-refractivity contribution is 5.95. The predicted molar refractivity (Wildman–Crippen MR) is 102 cm³/mol. The molecule has 7 heteroatoms. The van der Waals surface area contributed by atoms with Crippen molar-refractivity contribution in [3.05, 3.63) is 17.7 Å². The second-order valence-corrected chi connectivity index (χ2v) is 7.54. The van der Waals surface area contributed by atoms with Gasteiger partial charge in [0.15, 0.2) is 11.5 Å². The number of methoxy groups -OCH3 is 3. The lowest BCUT2D eigenvalue weighted by Gasteiger charge is -2.53. The number of amides is 1. The third kappa shape index (κ3) is 3.46. The van der Waals surface area contributed by atoms with E-state index in [-0.39, 0.29) is 24.0 Å². The Morgan fingerprint density at radius 2 is 1.81 bits per heavy atom. The Hall–Kier alpha value is -1.99. The lowest BCUT2D eigenvalue weighted by Crippen LogP contribution is -2.62. The minimum absolute atomic E-state index is 0.0558. The van der Waals surface area contributed by atoms with Gasteiger partial charge in [0.05, 0.1) is 27.9 Å². The average molecular weight is 378 g/mol. The fourth-order valence-electron chi connectivity index (χ4n) is 4.59. The number of carbonyl (C=O) groups excluding carboxylic acids is 1. The number of fused-ring (bicyclic) bond motifs is 1. The van der Waals surface area contributed by atoms with Crippen molar-refractivity contribution in [2.45, 2.75) is 25.3 Å². The van der Waals surface area contributed by atoms with Crippen molar-refractivity contribution >= 4 is 5.91 Å². The topological polar surface area (TPSA) is 71.5 Å². The molecule has 1 N–H and O–H groups in total. The van der Waals surface area contributed by atoms with Crippen LogP contribution in [-0.2, 0) is 0 Å². The summed E-state index contributed by atoms with van der Waals surface area (Å²) in [6.45, 7) is 2.43. The van der Waals surface area contributed by atoms with Crippen molar-refractivity contribution in [3.8, 4) is 17.2 Å². The molecule has 1 aromatic rings. The highest BCUT2D eigenvalue weighted by Gasteiger charge is 2.47. The predicted octanol–water partition coefficient (Wildman–Crippen LogP) is 1.63.